The normalized spacial score (nSPS) is 9.38. The molecule has 0 saturated heterocycles. The number of allylic oxidation sites excluding steroid dienone is 2. The maximum atomic E-state index is 3.81. The summed E-state index contributed by atoms with van der Waals surface area (Å²) in [6.07, 6.45) is 13.5. The van der Waals surface area contributed by atoms with Crippen molar-refractivity contribution < 1.29 is 12.4 Å². The van der Waals surface area contributed by atoms with Gasteiger partial charge in [-0.15, -0.1) is 0 Å². The van der Waals surface area contributed by atoms with Gasteiger partial charge in [-0.2, -0.15) is 6.42 Å². The summed E-state index contributed by atoms with van der Waals surface area (Å²) in [5.74, 6) is 0. The van der Waals surface area contributed by atoms with Crippen LogP contribution in [0.2, 0.25) is 0 Å². The van der Waals surface area contributed by atoms with E-state index < -0.39 is 0 Å². The molecule has 0 aliphatic carbocycles. The van der Waals surface area contributed by atoms with Crippen molar-refractivity contribution in [1.82, 2.24) is 0 Å². The van der Waals surface area contributed by atoms with Gasteiger partial charge in [0.1, 0.15) is 0 Å². The van der Waals surface area contributed by atoms with Crippen LogP contribution in [-0.4, -0.2) is 23.1 Å². The molecule has 0 bridgehead atoms. The number of hydrogen-bond donors (Lipinski definition) is 0. The van der Waals surface area contributed by atoms with Crippen LogP contribution >= 0.6 is 0 Å². The third kappa shape index (κ3) is 19.3. The summed E-state index contributed by atoms with van der Waals surface area (Å²) >= 11 is 0. The van der Waals surface area contributed by atoms with Gasteiger partial charge in [-0.3, -0.25) is 0 Å². The molecule has 0 nitrogen and oxygen atoms in total. The molecular weight excluding hydrogens is 192 g/mol. The molecular formula is C11H21ClMg. The number of hydrogen-bond acceptors (Lipinski definition) is 0. The van der Waals surface area contributed by atoms with Gasteiger partial charge in [0, 0.05) is 0 Å². The Morgan fingerprint density at radius 2 is 1.54 bits per heavy atom. The zero-order valence-corrected chi connectivity index (χ0v) is 11.1. The van der Waals surface area contributed by atoms with Gasteiger partial charge in [-0.1, -0.05) is 44.8 Å². The Bertz CT molecular complexity index is 92.1. The Labute approximate surface area is 106 Å². The van der Waals surface area contributed by atoms with E-state index in [1.54, 1.807) is 0 Å². The van der Waals surface area contributed by atoms with Crippen molar-refractivity contribution in [2.75, 3.05) is 0 Å². The van der Waals surface area contributed by atoms with E-state index in [-0.39, 0.29) is 35.5 Å². The predicted molar refractivity (Wildman–Crippen MR) is 58.2 cm³/mol. The van der Waals surface area contributed by atoms with E-state index in [2.05, 4.69) is 26.0 Å². The smallest absolute Gasteiger partial charge is 1.00 e. The van der Waals surface area contributed by atoms with Crippen molar-refractivity contribution in [3.8, 4) is 0 Å². The summed E-state index contributed by atoms with van der Waals surface area (Å²) in [7, 11) is 0. The number of rotatable bonds is 7. The largest absolute Gasteiger partial charge is 2.00 e. The van der Waals surface area contributed by atoms with Crippen LogP contribution in [0.3, 0.4) is 0 Å². The molecule has 0 rings (SSSR count). The fourth-order valence-electron chi connectivity index (χ4n) is 0.997. The van der Waals surface area contributed by atoms with E-state index in [9.17, 15) is 0 Å². The SMILES string of the molecule is [CH2-]CCCC/C=C\CCCC.[Cl-].[Mg+2]. The molecule has 13 heavy (non-hydrogen) atoms. The molecule has 0 radical (unpaired) electrons. The van der Waals surface area contributed by atoms with Gasteiger partial charge in [0.25, 0.3) is 0 Å². The molecule has 0 unspecified atom stereocenters. The fourth-order valence-corrected chi connectivity index (χ4v) is 0.997. The summed E-state index contributed by atoms with van der Waals surface area (Å²) in [5, 5.41) is 0. The Morgan fingerprint density at radius 3 is 2.00 bits per heavy atom. The molecule has 2 heteroatoms. The minimum atomic E-state index is 0. The first-order valence-electron chi connectivity index (χ1n) is 4.86. The molecule has 0 fully saturated rings. The average Bonchev–Trinajstić information content (AvgIpc) is 2.03. The quantitative estimate of drug-likeness (QED) is 0.253. The van der Waals surface area contributed by atoms with Gasteiger partial charge >= 0.3 is 23.1 Å². The topological polar surface area (TPSA) is 0 Å². The van der Waals surface area contributed by atoms with Crippen LogP contribution in [0.25, 0.3) is 0 Å². The van der Waals surface area contributed by atoms with E-state index in [4.69, 9.17) is 0 Å². The monoisotopic (exact) mass is 212 g/mol. The molecule has 0 saturated carbocycles. The molecule has 0 aliphatic heterocycles. The summed E-state index contributed by atoms with van der Waals surface area (Å²) in [6.45, 7) is 6.04. The zero-order valence-electron chi connectivity index (χ0n) is 8.90. The van der Waals surface area contributed by atoms with Crippen LogP contribution in [0.15, 0.2) is 12.2 Å². The first-order chi connectivity index (χ1) is 5.41. The molecule has 0 amide bonds. The van der Waals surface area contributed by atoms with E-state index in [0.717, 1.165) is 6.42 Å². The Balaban J connectivity index is -0.000000500. The van der Waals surface area contributed by atoms with Crippen molar-refractivity contribution in [3.05, 3.63) is 19.1 Å². The molecule has 0 N–H and O–H groups in total. The Kier molecular flexibility index (Phi) is 27.7. The minimum Gasteiger partial charge on any atom is -1.00 e. The van der Waals surface area contributed by atoms with Crippen LogP contribution in [0, 0.1) is 6.92 Å². The first-order valence-corrected chi connectivity index (χ1v) is 4.86. The zero-order chi connectivity index (χ0) is 8.36. The van der Waals surface area contributed by atoms with Crippen LogP contribution in [-0.2, 0) is 0 Å². The van der Waals surface area contributed by atoms with Gasteiger partial charge in [0.05, 0.1) is 0 Å². The molecule has 0 heterocycles. The summed E-state index contributed by atoms with van der Waals surface area (Å²) in [5.41, 5.74) is 0. The molecule has 0 spiro atoms. The van der Waals surface area contributed by atoms with Gasteiger partial charge < -0.3 is 19.3 Å². The molecule has 0 aromatic carbocycles. The maximum Gasteiger partial charge on any atom is 2.00 e. The third-order valence-electron chi connectivity index (χ3n) is 1.76. The van der Waals surface area contributed by atoms with Gasteiger partial charge in [-0.25, -0.2) is 0 Å². The second-order valence-electron chi connectivity index (χ2n) is 2.96. The third-order valence-corrected chi connectivity index (χ3v) is 1.76. The van der Waals surface area contributed by atoms with E-state index in [0.29, 0.717) is 0 Å². The standard InChI is InChI=1S/C11H21.ClH.Mg/c1-3-5-7-9-11-10-8-6-4-2;;/h10-11H,1,3-9H2,2H3;1H;/q-1;;+2/p-1/b11-10-;;. The maximum absolute atomic E-state index is 3.81. The van der Waals surface area contributed by atoms with E-state index in [1.807, 2.05) is 0 Å². The van der Waals surface area contributed by atoms with Crippen LogP contribution < -0.4 is 12.4 Å². The van der Waals surface area contributed by atoms with Crippen molar-refractivity contribution in [3.63, 3.8) is 0 Å². The average molecular weight is 213 g/mol. The molecule has 0 aromatic heterocycles. The summed E-state index contributed by atoms with van der Waals surface area (Å²) < 4.78 is 0. The van der Waals surface area contributed by atoms with Crippen LogP contribution in [0.5, 0.6) is 0 Å². The van der Waals surface area contributed by atoms with Crippen molar-refractivity contribution in [1.29, 1.82) is 0 Å². The summed E-state index contributed by atoms with van der Waals surface area (Å²) in [6, 6.07) is 0. The van der Waals surface area contributed by atoms with E-state index >= 15 is 0 Å². The Morgan fingerprint density at radius 1 is 1.00 bits per heavy atom. The summed E-state index contributed by atoms with van der Waals surface area (Å²) in [4.78, 5) is 0. The van der Waals surface area contributed by atoms with Gasteiger partial charge in [0.2, 0.25) is 0 Å². The first kappa shape index (κ1) is 19.4. The molecule has 74 valence electrons. The van der Waals surface area contributed by atoms with Gasteiger partial charge in [-0.05, 0) is 12.8 Å². The minimum absolute atomic E-state index is 0. The molecule has 0 aromatic rings. The Hall–Kier alpha value is 0.796. The fraction of sp³-hybridized carbons (Fsp3) is 0.727. The van der Waals surface area contributed by atoms with Crippen LogP contribution in [0.4, 0.5) is 0 Å². The second kappa shape index (κ2) is 18.6. The van der Waals surface area contributed by atoms with Crippen molar-refractivity contribution in [2.24, 2.45) is 0 Å². The number of halogens is 1. The van der Waals surface area contributed by atoms with E-state index in [1.165, 1.54) is 38.5 Å². The van der Waals surface area contributed by atoms with Crippen molar-refractivity contribution >= 4 is 23.1 Å². The second-order valence-corrected chi connectivity index (χ2v) is 2.96. The number of unbranched alkanes of at least 4 members (excludes halogenated alkanes) is 5. The van der Waals surface area contributed by atoms with Gasteiger partial charge in [0.15, 0.2) is 0 Å². The van der Waals surface area contributed by atoms with Crippen molar-refractivity contribution in [2.45, 2.75) is 51.9 Å². The molecule has 0 aliphatic rings. The van der Waals surface area contributed by atoms with Crippen LogP contribution in [0.1, 0.15) is 51.9 Å². The molecule has 0 atom stereocenters. The predicted octanol–water partition coefficient (Wildman–Crippen LogP) is 0.750.